The Hall–Kier alpha value is -8.67. The predicted octanol–water partition coefficient (Wildman–Crippen LogP) is 16.1. The summed E-state index contributed by atoms with van der Waals surface area (Å²) < 4.78 is 50.9. The minimum absolute atomic E-state index is 0.108. The van der Waals surface area contributed by atoms with Gasteiger partial charge in [-0.25, -0.2) is 4.98 Å². The first-order valence-electron chi connectivity index (χ1n) is 26.6. The molecule has 9 aromatic carbocycles. The topological polar surface area (TPSA) is 33.5 Å². The van der Waals surface area contributed by atoms with Crippen molar-refractivity contribution in [3.63, 3.8) is 0 Å². The number of para-hydroxylation sites is 3. The van der Waals surface area contributed by atoms with Gasteiger partial charge in [-0.3, -0.25) is 4.57 Å². The van der Waals surface area contributed by atoms with Crippen LogP contribution in [0.5, 0.6) is 11.5 Å². The third-order valence-electron chi connectivity index (χ3n) is 15.6. The first-order chi connectivity index (χ1) is 36.7. The highest BCUT2D eigenvalue weighted by Gasteiger charge is 2.51. The van der Waals surface area contributed by atoms with Crippen LogP contribution in [0.1, 0.15) is 80.6 Å². The summed E-state index contributed by atoms with van der Waals surface area (Å²) in [6.07, 6.45) is 1.61. The van der Waals surface area contributed by atoms with E-state index in [-0.39, 0.29) is 53.4 Å². The highest BCUT2D eigenvalue weighted by molar-refractivity contribution is 6.09. The Balaban J connectivity index is 0.796. The number of aromatic nitrogens is 2. The van der Waals surface area contributed by atoms with E-state index in [9.17, 15) is 0 Å². The van der Waals surface area contributed by atoms with Crippen molar-refractivity contribution in [2.45, 2.75) is 30.6 Å². The molecular formula is C65H46N4O. The monoisotopic (exact) mass is 903 g/mol. The van der Waals surface area contributed by atoms with Gasteiger partial charge in [0.1, 0.15) is 24.0 Å². The van der Waals surface area contributed by atoms with Gasteiger partial charge in [-0.15, -0.1) is 0 Å². The van der Waals surface area contributed by atoms with Crippen LogP contribution in [0.15, 0.2) is 224 Å². The molecule has 5 nitrogen and oxygen atoms in total. The maximum atomic E-state index is 8.64. The average molecular weight is 904 g/mol. The molecule has 0 N–H and O–H groups in total. The lowest BCUT2D eigenvalue weighted by Crippen LogP contribution is -2.37. The second-order valence-corrected chi connectivity index (χ2v) is 19.1. The Labute approximate surface area is 414 Å². The van der Waals surface area contributed by atoms with Gasteiger partial charge in [0, 0.05) is 69.7 Å². The summed E-state index contributed by atoms with van der Waals surface area (Å²) >= 11 is 0. The molecule has 2 atom stereocenters. The fourth-order valence-corrected chi connectivity index (χ4v) is 12.8. The maximum Gasteiger partial charge on any atom is 0.137 e. The van der Waals surface area contributed by atoms with Crippen molar-refractivity contribution >= 4 is 44.6 Å². The normalized spacial score (nSPS) is 19.0. The molecule has 2 aromatic heterocycles. The third-order valence-corrected chi connectivity index (χ3v) is 15.6. The maximum absolute atomic E-state index is 8.64. The summed E-state index contributed by atoms with van der Waals surface area (Å²) in [5.74, 6) is 2.62. The summed E-state index contributed by atoms with van der Waals surface area (Å²) in [5, 5.41) is 2.08. The molecule has 3 heterocycles. The molecule has 5 heteroatoms. The van der Waals surface area contributed by atoms with Crippen LogP contribution in [0.2, 0.25) is 0 Å². The molecule has 6 aliphatic carbocycles. The second kappa shape index (κ2) is 15.2. The van der Waals surface area contributed by atoms with Gasteiger partial charge in [-0.05, 0) is 117 Å². The Morgan fingerprint density at radius 2 is 1.04 bits per heavy atom. The van der Waals surface area contributed by atoms with Crippen molar-refractivity contribution < 1.29 is 11.6 Å². The molecule has 4 bridgehead atoms. The summed E-state index contributed by atoms with van der Waals surface area (Å²) in [4.78, 5) is 9.83. The molecular weight excluding hydrogens is 853 g/mol. The molecule has 11 aromatic rings. The predicted molar refractivity (Wildman–Crippen MR) is 284 cm³/mol. The van der Waals surface area contributed by atoms with Gasteiger partial charge in [0.2, 0.25) is 0 Å². The minimum Gasteiger partial charge on any atom is -0.457 e. The van der Waals surface area contributed by atoms with Crippen LogP contribution in [0.4, 0.5) is 22.7 Å². The number of aryl methyl sites for hydroxylation is 1. The SMILES string of the molecule is [2H]c1c([2H])c([2H])c(-c2cnc(-n3c4ccccc4c4ccc(Oc5cccc(N6CN(c7cccc8c7C7c9ccccc9C8C8c9ccccc9C7c7ccccc78)c7ccccc76)c5)cc43)cc2C)c([2H])c1[2H]. The van der Waals surface area contributed by atoms with Crippen LogP contribution in [0.3, 0.4) is 0 Å². The number of hydrogen-bond donors (Lipinski definition) is 0. The molecule has 1 aliphatic heterocycles. The van der Waals surface area contributed by atoms with Gasteiger partial charge < -0.3 is 14.5 Å². The van der Waals surface area contributed by atoms with Crippen molar-refractivity contribution in [3.8, 4) is 28.4 Å². The van der Waals surface area contributed by atoms with Crippen LogP contribution in [0.25, 0.3) is 38.8 Å². The Morgan fingerprint density at radius 1 is 0.486 bits per heavy atom. The van der Waals surface area contributed by atoms with Crippen LogP contribution in [-0.4, -0.2) is 16.2 Å². The number of pyridine rings is 1. The number of nitrogens with zero attached hydrogens (tertiary/aromatic N) is 4. The van der Waals surface area contributed by atoms with Crippen LogP contribution < -0.4 is 14.5 Å². The van der Waals surface area contributed by atoms with Crippen molar-refractivity contribution in [1.29, 1.82) is 0 Å². The molecule has 70 heavy (non-hydrogen) atoms. The van der Waals surface area contributed by atoms with E-state index in [1.54, 1.807) is 6.20 Å². The largest absolute Gasteiger partial charge is 0.457 e. The fraction of sp³-hybridized carbons (Fsp3) is 0.0923. The number of benzene rings is 9. The lowest BCUT2D eigenvalue weighted by atomic mass is 9.53. The molecule has 0 spiro atoms. The van der Waals surface area contributed by atoms with E-state index >= 15 is 0 Å². The minimum atomic E-state index is -0.421. The number of fused-ring (bicyclic) bond motifs is 4. The lowest BCUT2D eigenvalue weighted by Gasteiger charge is -2.51. The van der Waals surface area contributed by atoms with Gasteiger partial charge in [-0.1, -0.05) is 152 Å². The Bertz CT molecular complexity index is 4170. The van der Waals surface area contributed by atoms with Crippen LogP contribution in [-0.2, 0) is 0 Å². The molecule has 332 valence electrons. The number of rotatable bonds is 6. The van der Waals surface area contributed by atoms with Crippen LogP contribution in [0, 0.1) is 6.92 Å². The van der Waals surface area contributed by atoms with Crippen molar-refractivity contribution in [1.82, 2.24) is 9.55 Å². The van der Waals surface area contributed by atoms with Gasteiger partial charge in [0.05, 0.1) is 29.3 Å². The Morgan fingerprint density at radius 3 is 1.76 bits per heavy atom. The first kappa shape index (κ1) is 34.6. The van der Waals surface area contributed by atoms with E-state index in [1.807, 2.05) is 43.3 Å². The van der Waals surface area contributed by atoms with E-state index in [2.05, 4.69) is 166 Å². The van der Waals surface area contributed by atoms with Gasteiger partial charge in [0.25, 0.3) is 0 Å². The van der Waals surface area contributed by atoms with Crippen molar-refractivity contribution in [2.75, 3.05) is 16.5 Å². The highest BCUT2D eigenvalue weighted by atomic mass is 16.5. The zero-order chi connectivity index (χ0) is 50.4. The molecule has 18 rings (SSSR count). The van der Waals surface area contributed by atoms with E-state index in [4.69, 9.17) is 16.6 Å². The van der Waals surface area contributed by atoms with Crippen molar-refractivity contribution in [3.05, 3.63) is 275 Å². The Kier molecular flexibility index (Phi) is 7.50. The quantitative estimate of drug-likeness (QED) is 0.166. The van der Waals surface area contributed by atoms with Gasteiger partial charge in [0.15, 0.2) is 0 Å². The third kappa shape index (κ3) is 5.69. The van der Waals surface area contributed by atoms with Crippen LogP contribution >= 0.6 is 0 Å². The molecule has 0 saturated heterocycles. The summed E-state index contributed by atoms with van der Waals surface area (Å²) in [6, 6.07) is 66.5. The lowest BCUT2D eigenvalue weighted by molar-refractivity contribution is 0.483. The molecule has 0 fully saturated rings. The smallest absolute Gasteiger partial charge is 0.137 e. The second-order valence-electron chi connectivity index (χ2n) is 19.1. The summed E-state index contributed by atoms with van der Waals surface area (Å²) in [5.41, 5.74) is 19.3. The number of anilines is 4. The molecule has 0 amide bonds. The fourth-order valence-electron chi connectivity index (χ4n) is 12.8. The molecule has 0 radical (unpaired) electrons. The van der Waals surface area contributed by atoms with Gasteiger partial charge >= 0.3 is 0 Å². The zero-order valence-electron chi connectivity index (χ0n) is 43.2. The first-order valence-corrected chi connectivity index (χ1v) is 24.1. The molecule has 0 saturated carbocycles. The summed E-state index contributed by atoms with van der Waals surface area (Å²) in [7, 11) is 0. The highest BCUT2D eigenvalue weighted by Crippen LogP contribution is 2.65. The molecule has 7 aliphatic rings. The summed E-state index contributed by atoms with van der Waals surface area (Å²) in [6.45, 7) is 2.50. The number of hydrogen-bond acceptors (Lipinski definition) is 4. The van der Waals surface area contributed by atoms with Gasteiger partial charge in [-0.2, -0.15) is 0 Å². The van der Waals surface area contributed by atoms with E-state index in [0.717, 1.165) is 44.4 Å². The average Bonchev–Trinajstić information content (AvgIpc) is 3.99. The number of ether oxygens (including phenoxy) is 1. The molecule has 2 unspecified atom stereocenters. The van der Waals surface area contributed by atoms with Crippen molar-refractivity contribution in [2.24, 2.45) is 0 Å². The van der Waals surface area contributed by atoms with E-state index in [0.29, 0.717) is 29.5 Å². The zero-order valence-corrected chi connectivity index (χ0v) is 38.2. The standard InChI is InChI=1S/C65H46N4O/c1-40-35-60(66-38-54(40)41-17-3-2-4-18-41)69-55-29-12-11-21-45(55)46-34-33-44(37-59(46)69)70-43-20-15-19-42(36-43)67-39-68(57-31-14-13-30-56(57)67)58-32-16-28-53-63-51-26-9-10-27-52(51)65(64(53)58)62-49-24-7-5-22-47(49)61(63)48-23-6-8-25-50(48)62/h2-38,61-63,65H,39H2,1H3/i2D,3D,4D,17D,18D. The van der Waals surface area contributed by atoms with E-state index in [1.165, 1.54) is 50.2 Å². The van der Waals surface area contributed by atoms with E-state index < -0.39 is 6.04 Å².